The summed E-state index contributed by atoms with van der Waals surface area (Å²) >= 11 is 0. The first-order valence-electron chi connectivity index (χ1n) is 8.58. The zero-order valence-corrected chi connectivity index (χ0v) is 15.2. The summed E-state index contributed by atoms with van der Waals surface area (Å²) in [5.74, 6) is -1.13. The zero-order valence-electron chi connectivity index (χ0n) is 15.2. The second-order valence-corrected chi connectivity index (χ2v) is 6.36. The number of nitrogens with zero attached hydrogens (tertiary/aromatic N) is 1. The molecule has 0 radical (unpaired) electrons. The van der Waals surface area contributed by atoms with Crippen LogP contribution >= 0.6 is 0 Å². The van der Waals surface area contributed by atoms with Crippen LogP contribution in [-0.2, 0) is 9.59 Å². The first-order valence-corrected chi connectivity index (χ1v) is 8.58. The van der Waals surface area contributed by atoms with Gasteiger partial charge >= 0.3 is 0 Å². The van der Waals surface area contributed by atoms with E-state index in [2.05, 4.69) is 0 Å². The van der Waals surface area contributed by atoms with Gasteiger partial charge in [0.05, 0.1) is 25.3 Å². The van der Waals surface area contributed by atoms with Crippen molar-refractivity contribution < 1.29 is 24.5 Å². The van der Waals surface area contributed by atoms with E-state index >= 15 is 0 Å². The fourth-order valence-electron chi connectivity index (χ4n) is 3.22. The summed E-state index contributed by atoms with van der Waals surface area (Å²) in [7, 11) is 1.53. The molecule has 0 unspecified atom stereocenters. The number of methoxy groups -OCH3 is 1. The number of ketones is 1. The Labute approximate surface area is 157 Å². The quantitative estimate of drug-likeness (QED) is 0.481. The van der Waals surface area contributed by atoms with Gasteiger partial charge in [-0.05, 0) is 36.8 Å². The van der Waals surface area contributed by atoms with Crippen LogP contribution in [0.3, 0.4) is 0 Å². The molecule has 1 amide bonds. The molecule has 6 nitrogen and oxygen atoms in total. The van der Waals surface area contributed by atoms with Crippen molar-refractivity contribution >= 4 is 17.4 Å². The molecule has 0 aromatic heterocycles. The van der Waals surface area contributed by atoms with Gasteiger partial charge in [-0.1, -0.05) is 29.8 Å². The molecular weight excluding hydrogens is 346 g/mol. The number of hydrogen-bond acceptors (Lipinski definition) is 5. The van der Waals surface area contributed by atoms with Gasteiger partial charge < -0.3 is 19.8 Å². The fraction of sp³-hybridized carbons (Fsp3) is 0.238. The number of amides is 1. The maximum absolute atomic E-state index is 12.7. The summed E-state index contributed by atoms with van der Waals surface area (Å²) in [5, 5.41) is 20.2. The molecule has 2 N–H and O–H groups in total. The van der Waals surface area contributed by atoms with E-state index in [1.807, 2.05) is 31.2 Å². The molecule has 1 aliphatic heterocycles. The summed E-state index contributed by atoms with van der Waals surface area (Å²) in [6, 6.07) is 13.2. The van der Waals surface area contributed by atoms with Crippen LogP contribution in [0.5, 0.6) is 5.75 Å². The Balaban J connectivity index is 2.14. The Morgan fingerprint density at radius 2 is 1.70 bits per heavy atom. The van der Waals surface area contributed by atoms with Gasteiger partial charge in [0.15, 0.2) is 0 Å². The lowest BCUT2D eigenvalue weighted by Gasteiger charge is -2.24. The highest BCUT2D eigenvalue weighted by Crippen LogP contribution is 2.39. The highest BCUT2D eigenvalue weighted by molar-refractivity contribution is 6.46. The second-order valence-electron chi connectivity index (χ2n) is 6.36. The van der Waals surface area contributed by atoms with Crippen LogP contribution in [0.4, 0.5) is 0 Å². The van der Waals surface area contributed by atoms with Gasteiger partial charge in [0.2, 0.25) is 0 Å². The summed E-state index contributed by atoms with van der Waals surface area (Å²) in [6.45, 7) is 1.66. The molecule has 1 saturated heterocycles. The van der Waals surface area contributed by atoms with Gasteiger partial charge in [0, 0.05) is 12.1 Å². The van der Waals surface area contributed by atoms with Crippen molar-refractivity contribution in [2.45, 2.75) is 13.0 Å². The van der Waals surface area contributed by atoms with E-state index in [4.69, 9.17) is 4.74 Å². The van der Waals surface area contributed by atoms with E-state index in [9.17, 15) is 19.8 Å². The first-order chi connectivity index (χ1) is 13.0. The Hall–Kier alpha value is -3.12. The summed E-state index contributed by atoms with van der Waals surface area (Å²) < 4.78 is 5.11. The average molecular weight is 367 g/mol. The van der Waals surface area contributed by atoms with Gasteiger partial charge in [-0.2, -0.15) is 0 Å². The van der Waals surface area contributed by atoms with Crippen LogP contribution in [0.2, 0.25) is 0 Å². The number of carbonyl (C=O) groups excluding carboxylic acids is 2. The number of ether oxygens (including phenoxy) is 1. The molecule has 0 spiro atoms. The molecule has 0 saturated carbocycles. The molecule has 1 atom stereocenters. The van der Waals surface area contributed by atoms with Crippen LogP contribution in [0.15, 0.2) is 54.1 Å². The Bertz CT molecular complexity index is 884. The number of Topliss-reactive ketones (excluding diaryl/α,β-unsaturated/α-hetero) is 1. The Morgan fingerprint density at radius 1 is 1.07 bits per heavy atom. The molecule has 6 heteroatoms. The van der Waals surface area contributed by atoms with Crippen molar-refractivity contribution in [1.29, 1.82) is 0 Å². The Morgan fingerprint density at radius 3 is 2.26 bits per heavy atom. The van der Waals surface area contributed by atoms with Crippen LogP contribution in [0, 0.1) is 6.92 Å². The number of aliphatic hydroxyl groups excluding tert-OH is 2. The maximum Gasteiger partial charge on any atom is 0.295 e. The topological polar surface area (TPSA) is 87.1 Å². The van der Waals surface area contributed by atoms with E-state index in [0.717, 1.165) is 5.56 Å². The predicted octanol–water partition coefficient (Wildman–Crippen LogP) is 2.42. The number of β-amino-alcohol motifs (C(OH)–C–C–N with tert-alkyl or cyclic N) is 1. The van der Waals surface area contributed by atoms with E-state index in [-0.39, 0.29) is 24.5 Å². The largest absolute Gasteiger partial charge is 0.507 e. The number of aliphatic hydroxyl groups is 2. The van der Waals surface area contributed by atoms with E-state index in [0.29, 0.717) is 16.9 Å². The average Bonchev–Trinajstić information content (AvgIpc) is 2.93. The molecule has 0 bridgehead atoms. The minimum Gasteiger partial charge on any atom is -0.507 e. The highest BCUT2D eigenvalue weighted by Gasteiger charge is 2.45. The van der Waals surface area contributed by atoms with Crippen molar-refractivity contribution in [1.82, 2.24) is 4.90 Å². The standard InChI is InChI=1S/C21H21NO5/c1-13-3-5-14(6-4-13)18-17(20(25)21(26)22(18)11-12-23)19(24)15-7-9-16(27-2)10-8-15/h3-10,18,23-24H,11-12H2,1-2H3/b19-17+/t18-/m0/s1. The summed E-state index contributed by atoms with van der Waals surface area (Å²) in [4.78, 5) is 26.4. The molecule has 1 aliphatic rings. The van der Waals surface area contributed by atoms with Crippen molar-refractivity contribution in [3.8, 4) is 5.75 Å². The van der Waals surface area contributed by atoms with Crippen LogP contribution < -0.4 is 4.74 Å². The molecule has 140 valence electrons. The molecular formula is C21H21NO5. The number of rotatable bonds is 5. The van der Waals surface area contributed by atoms with Gasteiger partial charge in [-0.25, -0.2) is 0 Å². The van der Waals surface area contributed by atoms with Gasteiger partial charge in [0.1, 0.15) is 11.5 Å². The van der Waals surface area contributed by atoms with Gasteiger partial charge in [0.25, 0.3) is 11.7 Å². The van der Waals surface area contributed by atoms with Crippen LogP contribution in [0.1, 0.15) is 22.7 Å². The maximum atomic E-state index is 12.7. The lowest BCUT2D eigenvalue weighted by Crippen LogP contribution is -2.32. The SMILES string of the molecule is COc1ccc(/C(O)=C2\C(=O)C(=O)N(CCO)[C@H]2c2ccc(C)cc2)cc1. The fourth-order valence-corrected chi connectivity index (χ4v) is 3.22. The zero-order chi connectivity index (χ0) is 19.6. The third-order valence-corrected chi connectivity index (χ3v) is 4.64. The minimum atomic E-state index is -0.762. The third-order valence-electron chi connectivity index (χ3n) is 4.64. The summed E-state index contributed by atoms with van der Waals surface area (Å²) in [5.41, 5.74) is 2.16. The Kier molecular flexibility index (Phi) is 5.28. The second kappa shape index (κ2) is 7.63. The lowest BCUT2D eigenvalue weighted by atomic mass is 9.95. The van der Waals surface area contributed by atoms with Crippen molar-refractivity contribution in [2.24, 2.45) is 0 Å². The minimum absolute atomic E-state index is 0.00249. The van der Waals surface area contributed by atoms with Crippen LogP contribution in [0.25, 0.3) is 5.76 Å². The molecule has 2 aromatic rings. The van der Waals surface area contributed by atoms with Crippen molar-refractivity contribution in [2.75, 3.05) is 20.3 Å². The molecule has 1 heterocycles. The first kappa shape index (κ1) is 18.7. The normalized spacial score (nSPS) is 18.8. The van der Waals surface area contributed by atoms with Crippen molar-refractivity contribution in [3.63, 3.8) is 0 Å². The molecule has 2 aromatic carbocycles. The van der Waals surface area contributed by atoms with Crippen molar-refractivity contribution in [3.05, 3.63) is 70.8 Å². The molecule has 27 heavy (non-hydrogen) atoms. The van der Waals surface area contributed by atoms with E-state index < -0.39 is 17.7 Å². The number of hydrogen-bond donors (Lipinski definition) is 2. The predicted molar refractivity (Wildman–Crippen MR) is 100 cm³/mol. The van der Waals surface area contributed by atoms with Gasteiger partial charge in [-0.3, -0.25) is 9.59 Å². The third kappa shape index (κ3) is 3.44. The number of benzene rings is 2. The monoisotopic (exact) mass is 367 g/mol. The smallest absolute Gasteiger partial charge is 0.295 e. The van der Waals surface area contributed by atoms with Gasteiger partial charge in [-0.15, -0.1) is 0 Å². The number of likely N-dealkylation sites (tertiary alicyclic amines) is 1. The molecule has 1 fully saturated rings. The summed E-state index contributed by atoms with van der Waals surface area (Å²) in [6.07, 6.45) is 0. The highest BCUT2D eigenvalue weighted by atomic mass is 16.5. The number of carbonyl (C=O) groups is 2. The molecule has 0 aliphatic carbocycles. The molecule has 3 rings (SSSR count). The van der Waals surface area contributed by atoms with E-state index in [1.165, 1.54) is 12.0 Å². The lowest BCUT2D eigenvalue weighted by molar-refractivity contribution is -0.140. The van der Waals surface area contributed by atoms with E-state index in [1.54, 1.807) is 24.3 Å². The van der Waals surface area contributed by atoms with Crippen LogP contribution in [-0.4, -0.2) is 47.1 Å². The number of aryl methyl sites for hydroxylation is 1.